The zero-order valence-corrected chi connectivity index (χ0v) is 10.7. The summed E-state index contributed by atoms with van der Waals surface area (Å²) in [4.78, 5) is 11.4. The monoisotopic (exact) mass is 235 g/mol. The van der Waals surface area contributed by atoms with Crippen LogP contribution < -0.4 is 5.32 Å². The predicted octanol–water partition coefficient (Wildman–Crippen LogP) is 0.972. The zero-order valence-electron chi connectivity index (χ0n) is 9.91. The first-order chi connectivity index (χ1) is 6.82. The van der Waals surface area contributed by atoms with Gasteiger partial charge in [0.15, 0.2) is 9.84 Å². The van der Waals surface area contributed by atoms with Crippen molar-refractivity contribution in [2.24, 2.45) is 5.92 Å². The molecule has 0 saturated carbocycles. The smallest absolute Gasteiger partial charge is 0.238 e. The van der Waals surface area contributed by atoms with Gasteiger partial charge in [-0.1, -0.05) is 26.7 Å². The molecule has 0 radical (unpaired) electrons. The van der Waals surface area contributed by atoms with Crippen LogP contribution in [0.4, 0.5) is 0 Å². The van der Waals surface area contributed by atoms with Crippen molar-refractivity contribution in [3.8, 4) is 0 Å². The van der Waals surface area contributed by atoms with Crippen LogP contribution in [0.25, 0.3) is 0 Å². The van der Waals surface area contributed by atoms with Gasteiger partial charge in [-0.2, -0.15) is 0 Å². The van der Waals surface area contributed by atoms with Crippen molar-refractivity contribution in [1.29, 1.82) is 0 Å². The summed E-state index contributed by atoms with van der Waals surface area (Å²) < 4.78 is 22.2. The second-order valence-electron chi connectivity index (χ2n) is 3.90. The first kappa shape index (κ1) is 14.4. The third kappa shape index (κ3) is 5.16. The van der Waals surface area contributed by atoms with E-state index in [-0.39, 0.29) is 0 Å². The molecule has 0 aromatic rings. The molecule has 0 aromatic heterocycles. The van der Waals surface area contributed by atoms with Crippen LogP contribution in [0.2, 0.25) is 0 Å². The van der Waals surface area contributed by atoms with Gasteiger partial charge in [-0.25, -0.2) is 8.42 Å². The van der Waals surface area contributed by atoms with Gasteiger partial charge in [-0.05, 0) is 12.8 Å². The standard InChI is InChI=1S/C10H21NO3S/c1-5-9(6-2)7-11-10(12)8(3)15(4,13)14/h8-9H,5-7H2,1-4H3,(H,11,12). The minimum atomic E-state index is -3.28. The molecule has 90 valence electrons. The molecule has 0 aliphatic carbocycles. The number of carbonyl (C=O) groups excluding carboxylic acids is 1. The third-order valence-electron chi connectivity index (χ3n) is 2.73. The van der Waals surface area contributed by atoms with Gasteiger partial charge in [0.05, 0.1) is 0 Å². The van der Waals surface area contributed by atoms with E-state index >= 15 is 0 Å². The highest BCUT2D eigenvalue weighted by Gasteiger charge is 2.23. The molecule has 1 unspecified atom stereocenters. The fourth-order valence-corrected chi connectivity index (χ4v) is 1.63. The molecule has 0 bridgehead atoms. The Hall–Kier alpha value is -0.580. The van der Waals surface area contributed by atoms with Gasteiger partial charge in [0.2, 0.25) is 5.91 Å². The summed E-state index contributed by atoms with van der Waals surface area (Å²) in [7, 11) is -3.28. The maximum absolute atomic E-state index is 11.4. The van der Waals surface area contributed by atoms with E-state index in [1.165, 1.54) is 6.92 Å². The quantitative estimate of drug-likeness (QED) is 0.746. The Bertz CT molecular complexity index is 294. The van der Waals surface area contributed by atoms with E-state index in [0.29, 0.717) is 12.5 Å². The molecule has 0 aromatic carbocycles. The maximum Gasteiger partial charge on any atom is 0.238 e. The van der Waals surface area contributed by atoms with Crippen LogP contribution >= 0.6 is 0 Å². The first-order valence-electron chi connectivity index (χ1n) is 5.29. The lowest BCUT2D eigenvalue weighted by Crippen LogP contribution is -2.39. The number of rotatable bonds is 6. The number of carbonyl (C=O) groups is 1. The van der Waals surface area contributed by atoms with Gasteiger partial charge in [-0.15, -0.1) is 0 Å². The molecule has 0 spiro atoms. The molecule has 1 atom stereocenters. The lowest BCUT2D eigenvalue weighted by Gasteiger charge is -2.15. The summed E-state index contributed by atoms with van der Waals surface area (Å²) in [5.74, 6) is 0.0325. The van der Waals surface area contributed by atoms with Gasteiger partial charge in [-0.3, -0.25) is 4.79 Å². The Labute approximate surface area is 92.4 Å². The van der Waals surface area contributed by atoms with Crippen molar-refractivity contribution in [1.82, 2.24) is 5.32 Å². The Morgan fingerprint density at radius 1 is 1.27 bits per heavy atom. The van der Waals surface area contributed by atoms with Gasteiger partial charge in [0.25, 0.3) is 0 Å². The van der Waals surface area contributed by atoms with Crippen molar-refractivity contribution >= 4 is 15.7 Å². The third-order valence-corrected chi connectivity index (χ3v) is 4.23. The Morgan fingerprint density at radius 3 is 2.07 bits per heavy atom. The minimum absolute atomic E-state index is 0.399. The van der Waals surface area contributed by atoms with Gasteiger partial charge < -0.3 is 5.32 Å². The van der Waals surface area contributed by atoms with E-state index in [4.69, 9.17) is 0 Å². The molecular weight excluding hydrogens is 214 g/mol. The van der Waals surface area contributed by atoms with Gasteiger partial charge in [0, 0.05) is 12.8 Å². The summed E-state index contributed by atoms with van der Waals surface area (Å²) >= 11 is 0. The van der Waals surface area contributed by atoms with E-state index < -0.39 is 21.0 Å². The van der Waals surface area contributed by atoms with Crippen LogP contribution in [-0.4, -0.2) is 32.4 Å². The Kier molecular flexibility index (Phi) is 5.87. The Morgan fingerprint density at radius 2 is 1.73 bits per heavy atom. The second kappa shape index (κ2) is 6.10. The average molecular weight is 235 g/mol. The van der Waals surface area contributed by atoms with Crippen molar-refractivity contribution in [3.05, 3.63) is 0 Å². The molecule has 1 N–H and O–H groups in total. The van der Waals surface area contributed by atoms with E-state index in [1.807, 2.05) is 0 Å². The molecular formula is C10H21NO3S. The van der Waals surface area contributed by atoms with Crippen molar-refractivity contribution in [2.75, 3.05) is 12.8 Å². The topological polar surface area (TPSA) is 63.2 Å². The molecule has 4 nitrogen and oxygen atoms in total. The summed E-state index contributed by atoms with van der Waals surface area (Å²) in [6.07, 6.45) is 3.06. The van der Waals surface area contributed by atoms with Crippen LogP contribution in [0.5, 0.6) is 0 Å². The highest BCUT2D eigenvalue weighted by molar-refractivity contribution is 7.92. The lowest BCUT2D eigenvalue weighted by atomic mass is 10.0. The largest absolute Gasteiger partial charge is 0.355 e. The van der Waals surface area contributed by atoms with Crippen molar-refractivity contribution < 1.29 is 13.2 Å². The molecule has 0 rings (SSSR count). The van der Waals surface area contributed by atoms with Crippen molar-refractivity contribution in [2.45, 2.75) is 38.9 Å². The molecule has 0 aliphatic rings. The molecule has 0 fully saturated rings. The second-order valence-corrected chi connectivity index (χ2v) is 6.27. The number of amides is 1. The summed E-state index contributed by atoms with van der Waals surface area (Å²) in [5.41, 5.74) is 0. The van der Waals surface area contributed by atoms with E-state index in [2.05, 4.69) is 19.2 Å². The minimum Gasteiger partial charge on any atom is -0.355 e. The molecule has 0 heterocycles. The summed E-state index contributed by atoms with van der Waals surface area (Å²) in [6, 6.07) is 0. The van der Waals surface area contributed by atoms with E-state index in [1.54, 1.807) is 0 Å². The van der Waals surface area contributed by atoms with Crippen LogP contribution in [0.3, 0.4) is 0 Å². The highest BCUT2D eigenvalue weighted by atomic mass is 32.2. The average Bonchev–Trinajstić information content (AvgIpc) is 2.16. The van der Waals surface area contributed by atoms with Crippen LogP contribution in [0, 0.1) is 5.92 Å². The fraction of sp³-hybridized carbons (Fsp3) is 0.900. The van der Waals surface area contributed by atoms with Crippen LogP contribution in [-0.2, 0) is 14.6 Å². The number of nitrogens with one attached hydrogen (secondary N) is 1. The normalized spacial score (nSPS) is 13.9. The number of hydrogen-bond acceptors (Lipinski definition) is 3. The molecule has 0 saturated heterocycles. The highest BCUT2D eigenvalue weighted by Crippen LogP contribution is 2.06. The van der Waals surface area contributed by atoms with E-state index in [0.717, 1.165) is 19.1 Å². The predicted molar refractivity (Wildman–Crippen MR) is 61.4 cm³/mol. The summed E-state index contributed by atoms with van der Waals surface area (Å²) in [6.45, 7) is 6.09. The van der Waals surface area contributed by atoms with Gasteiger partial charge >= 0.3 is 0 Å². The molecule has 5 heteroatoms. The fourth-order valence-electron chi connectivity index (χ4n) is 1.16. The Balaban J connectivity index is 4.16. The van der Waals surface area contributed by atoms with Gasteiger partial charge in [0.1, 0.15) is 5.25 Å². The zero-order chi connectivity index (χ0) is 12.1. The van der Waals surface area contributed by atoms with E-state index in [9.17, 15) is 13.2 Å². The molecule has 15 heavy (non-hydrogen) atoms. The maximum atomic E-state index is 11.4. The molecule has 1 amide bonds. The van der Waals surface area contributed by atoms with Crippen LogP contribution in [0.1, 0.15) is 33.6 Å². The van der Waals surface area contributed by atoms with Crippen LogP contribution in [0.15, 0.2) is 0 Å². The first-order valence-corrected chi connectivity index (χ1v) is 7.24. The number of hydrogen-bond donors (Lipinski definition) is 1. The molecule has 0 aliphatic heterocycles. The lowest BCUT2D eigenvalue weighted by molar-refractivity contribution is -0.120. The summed E-state index contributed by atoms with van der Waals surface area (Å²) in [5, 5.41) is 1.72. The number of sulfone groups is 1. The van der Waals surface area contributed by atoms with Crippen molar-refractivity contribution in [3.63, 3.8) is 0 Å². The SMILES string of the molecule is CCC(CC)CNC(=O)C(C)S(C)(=O)=O.